The summed E-state index contributed by atoms with van der Waals surface area (Å²) in [5.41, 5.74) is 0. The summed E-state index contributed by atoms with van der Waals surface area (Å²) in [6, 6.07) is 0. The number of nitrogens with one attached hydrogen (secondary N) is 1. The van der Waals surface area contributed by atoms with Gasteiger partial charge in [-0.25, -0.2) is 4.98 Å². The smallest absolute Gasteiger partial charge is 0.195 e. The van der Waals surface area contributed by atoms with Crippen molar-refractivity contribution < 1.29 is 9.15 Å². The first-order chi connectivity index (χ1) is 8.81. The zero-order valence-electron chi connectivity index (χ0n) is 11.4. The quantitative estimate of drug-likeness (QED) is 0.720. The standard InChI is InChI=1S/C14H24N2O2/c1-3-15-6-5-14-16-10-13(18-14)9-11-7-12(8-11)17-4-2/h10-12,15H,3-9H2,1-2H3. The average molecular weight is 252 g/mol. The Morgan fingerprint density at radius 2 is 2.28 bits per heavy atom. The SMILES string of the molecule is CCNCCc1ncc(CC2CC(OCC)C2)o1. The molecule has 102 valence electrons. The monoisotopic (exact) mass is 252 g/mol. The second kappa shape index (κ2) is 6.90. The van der Waals surface area contributed by atoms with Gasteiger partial charge in [-0.15, -0.1) is 0 Å². The maximum absolute atomic E-state index is 5.74. The summed E-state index contributed by atoms with van der Waals surface area (Å²) < 4.78 is 11.3. The highest BCUT2D eigenvalue weighted by Crippen LogP contribution is 2.32. The van der Waals surface area contributed by atoms with Crippen LogP contribution in [-0.2, 0) is 17.6 Å². The fourth-order valence-corrected chi connectivity index (χ4v) is 2.43. The van der Waals surface area contributed by atoms with Crippen molar-refractivity contribution in [3.05, 3.63) is 17.8 Å². The van der Waals surface area contributed by atoms with Gasteiger partial charge in [0, 0.05) is 26.0 Å². The molecule has 1 aliphatic carbocycles. The van der Waals surface area contributed by atoms with E-state index < -0.39 is 0 Å². The molecular formula is C14H24N2O2. The predicted molar refractivity (Wildman–Crippen MR) is 70.6 cm³/mol. The van der Waals surface area contributed by atoms with E-state index in [9.17, 15) is 0 Å². The molecule has 1 fully saturated rings. The zero-order chi connectivity index (χ0) is 12.8. The molecular weight excluding hydrogens is 228 g/mol. The number of ether oxygens (including phenoxy) is 1. The molecule has 4 nitrogen and oxygen atoms in total. The van der Waals surface area contributed by atoms with Gasteiger partial charge in [0.05, 0.1) is 12.3 Å². The van der Waals surface area contributed by atoms with Gasteiger partial charge in [0.15, 0.2) is 5.89 Å². The highest BCUT2D eigenvalue weighted by atomic mass is 16.5. The van der Waals surface area contributed by atoms with E-state index >= 15 is 0 Å². The summed E-state index contributed by atoms with van der Waals surface area (Å²) in [4.78, 5) is 4.32. The molecule has 0 amide bonds. The van der Waals surface area contributed by atoms with Gasteiger partial charge in [-0.3, -0.25) is 0 Å². The average Bonchev–Trinajstić information content (AvgIpc) is 2.75. The summed E-state index contributed by atoms with van der Waals surface area (Å²) in [6.45, 7) is 6.92. The molecule has 0 spiro atoms. The van der Waals surface area contributed by atoms with Crippen LogP contribution < -0.4 is 5.32 Å². The van der Waals surface area contributed by atoms with Gasteiger partial charge in [-0.05, 0) is 32.2 Å². The topological polar surface area (TPSA) is 47.3 Å². The molecule has 0 saturated heterocycles. The maximum Gasteiger partial charge on any atom is 0.195 e. The van der Waals surface area contributed by atoms with Crippen LogP contribution in [0.5, 0.6) is 0 Å². The van der Waals surface area contributed by atoms with Gasteiger partial charge >= 0.3 is 0 Å². The van der Waals surface area contributed by atoms with Crippen LogP contribution in [0.3, 0.4) is 0 Å². The van der Waals surface area contributed by atoms with E-state index in [-0.39, 0.29) is 0 Å². The minimum Gasteiger partial charge on any atom is -0.446 e. The van der Waals surface area contributed by atoms with Crippen molar-refractivity contribution in [3.63, 3.8) is 0 Å². The van der Waals surface area contributed by atoms with Crippen LogP contribution in [0.15, 0.2) is 10.6 Å². The lowest BCUT2D eigenvalue weighted by atomic mass is 9.79. The summed E-state index contributed by atoms with van der Waals surface area (Å²) >= 11 is 0. The van der Waals surface area contributed by atoms with Crippen LogP contribution in [0.25, 0.3) is 0 Å². The Morgan fingerprint density at radius 3 is 3.00 bits per heavy atom. The lowest BCUT2D eigenvalue weighted by Gasteiger charge is -2.34. The van der Waals surface area contributed by atoms with Crippen LogP contribution in [0, 0.1) is 5.92 Å². The fourth-order valence-electron chi connectivity index (χ4n) is 2.43. The number of aromatic nitrogens is 1. The molecule has 1 aromatic rings. The van der Waals surface area contributed by atoms with Gasteiger partial charge in [-0.2, -0.15) is 0 Å². The van der Waals surface area contributed by atoms with Crippen LogP contribution in [0.4, 0.5) is 0 Å². The Balaban J connectivity index is 1.68. The van der Waals surface area contributed by atoms with Crippen molar-refractivity contribution in [1.29, 1.82) is 0 Å². The van der Waals surface area contributed by atoms with E-state index in [1.165, 1.54) is 12.8 Å². The van der Waals surface area contributed by atoms with E-state index in [0.717, 1.165) is 50.1 Å². The molecule has 0 aliphatic heterocycles. The van der Waals surface area contributed by atoms with E-state index in [1.54, 1.807) is 0 Å². The number of hydrogen-bond acceptors (Lipinski definition) is 4. The first kappa shape index (κ1) is 13.6. The Kier molecular flexibility index (Phi) is 5.20. The lowest BCUT2D eigenvalue weighted by molar-refractivity contribution is -0.0252. The van der Waals surface area contributed by atoms with Gasteiger partial charge in [0.2, 0.25) is 0 Å². The number of likely N-dealkylation sites (N-methyl/N-ethyl adjacent to an activating group) is 1. The largest absolute Gasteiger partial charge is 0.446 e. The summed E-state index contributed by atoms with van der Waals surface area (Å²) in [5, 5.41) is 3.27. The molecule has 18 heavy (non-hydrogen) atoms. The van der Waals surface area contributed by atoms with Crippen LogP contribution in [-0.4, -0.2) is 30.8 Å². The minimum absolute atomic E-state index is 0.483. The van der Waals surface area contributed by atoms with Gasteiger partial charge in [-0.1, -0.05) is 6.92 Å². The molecule has 1 aromatic heterocycles. The predicted octanol–water partition coefficient (Wildman–Crippen LogP) is 2.18. The van der Waals surface area contributed by atoms with Crippen molar-refractivity contribution in [3.8, 4) is 0 Å². The number of hydrogen-bond donors (Lipinski definition) is 1. The molecule has 0 radical (unpaired) electrons. The van der Waals surface area contributed by atoms with Crippen molar-refractivity contribution in [2.45, 2.75) is 45.6 Å². The molecule has 0 atom stereocenters. The lowest BCUT2D eigenvalue weighted by Crippen LogP contribution is -2.32. The molecule has 1 heterocycles. The van der Waals surface area contributed by atoms with E-state index in [4.69, 9.17) is 9.15 Å². The van der Waals surface area contributed by atoms with Crippen molar-refractivity contribution in [2.75, 3.05) is 19.7 Å². The molecule has 0 unspecified atom stereocenters. The summed E-state index contributed by atoms with van der Waals surface area (Å²) in [5.74, 6) is 2.60. The van der Waals surface area contributed by atoms with Crippen LogP contribution in [0.2, 0.25) is 0 Å². The van der Waals surface area contributed by atoms with Crippen molar-refractivity contribution >= 4 is 0 Å². The third kappa shape index (κ3) is 3.82. The van der Waals surface area contributed by atoms with E-state index in [2.05, 4.69) is 24.1 Å². The van der Waals surface area contributed by atoms with Gasteiger partial charge < -0.3 is 14.5 Å². The molecule has 4 heteroatoms. The number of nitrogens with zero attached hydrogens (tertiary/aromatic N) is 1. The highest BCUT2D eigenvalue weighted by Gasteiger charge is 2.30. The van der Waals surface area contributed by atoms with Gasteiger partial charge in [0.25, 0.3) is 0 Å². The molecule has 0 bridgehead atoms. The Bertz CT molecular complexity index is 345. The Morgan fingerprint density at radius 1 is 1.44 bits per heavy atom. The molecule has 0 aromatic carbocycles. The Labute approximate surface area is 109 Å². The Hall–Kier alpha value is -0.870. The molecule has 2 rings (SSSR count). The second-order valence-electron chi connectivity index (χ2n) is 4.94. The molecule has 1 aliphatic rings. The van der Waals surface area contributed by atoms with E-state index in [0.29, 0.717) is 6.10 Å². The first-order valence-corrected chi connectivity index (χ1v) is 7.07. The number of oxazole rings is 1. The van der Waals surface area contributed by atoms with Crippen LogP contribution in [0.1, 0.15) is 38.3 Å². The van der Waals surface area contributed by atoms with Gasteiger partial charge in [0.1, 0.15) is 5.76 Å². The molecule has 1 N–H and O–H groups in total. The summed E-state index contributed by atoms with van der Waals surface area (Å²) in [7, 11) is 0. The maximum atomic E-state index is 5.74. The van der Waals surface area contributed by atoms with E-state index in [1.807, 2.05) is 6.20 Å². The third-order valence-corrected chi connectivity index (χ3v) is 3.45. The fraction of sp³-hybridized carbons (Fsp3) is 0.786. The molecule has 1 saturated carbocycles. The highest BCUT2D eigenvalue weighted by molar-refractivity contribution is 4.98. The minimum atomic E-state index is 0.483. The van der Waals surface area contributed by atoms with Crippen molar-refractivity contribution in [1.82, 2.24) is 10.3 Å². The normalized spacial score (nSPS) is 23.0. The summed E-state index contributed by atoms with van der Waals surface area (Å²) in [6.07, 6.45) is 6.59. The van der Waals surface area contributed by atoms with Crippen molar-refractivity contribution in [2.24, 2.45) is 5.92 Å². The first-order valence-electron chi connectivity index (χ1n) is 7.07. The second-order valence-corrected chi connectivity index (χ2v) is 4.94. The van der Waals surface area contributed by atoms with Crippen LogP contribution >= 0.6 is 0 Å². The number of rotatable bonds is 8. The zero-order valence-corrected chi connectivity index (χ0v) is 11.4. The third-order valence-electron chi connectivity index (χ3n) is 3.45.